The van der Waals surface area contributed by atoms with E-state index in [1.807, 2.05) is 12.1 Å². The van der Waals surface area contributed by atoms with Gasteiger partial charge in [0.15, 0.2) is 5.13 Å². The summed E-state index contributed by atoms with van der Waals surface area (Å²) >= 11 is 1.40. The molecule has 1 N–H and O–H groups in total. The van der Waals surface area contributed by atoms with Gasteiger partial charge in [-0.1, -0.05) is 11.3 Å². The van der Waals surface area contributed by atoms with Crippen molar-refractivity contribution in [3.05, 3.63) is 42.2 Å². The Kier molecular flexibility index (Phi) is 6.72. The number of hydrogen-bond acceptors (Lipinski definition) is 8. The third-order valence-corrected chi connectivity index (χ3v) is 5.91. The number of hydrogen-bond donors (Lipinski definition) is 1. The van der Waals surface area contributed by atoms with Crippen LogP contribution in [0, 0.1) is 0 Å². The molecular formula is C22H24N4O5S. The van der Waals surface area contributed by atoms with E-state index in [0.29, 0.717) is 41.8 Å². The Morgan fingerprint density at radius 1 is 1.28 bits per heavy atom. The van der Waals surface area contributed by atoms with Crippen molar-refractivity contribution in [1.82, 2.24) is 9.55 Å². The van der Waals surface area contributed by atoms with E-state index in [2.05, 4.69) is 15.2 Å². The van der Waals surface area contributed by atoms with Crippen LogP contribution in [-0.4, -0.2) is 61.6 Å². The molecule has 9 nitrogen and oxygen atoms in total. The summed E-state index contributed by atoms with van der Waals surface area (Å²) in [6.45, 7) is 5.01. The first-order valence-electron chi connectivity index (χ1n) is 10.2. The van der Waals surface area contributed by atoms with Gasteiger partial charge in [-0.05, 0) is 36.8 Å². The molecule has 2 aromatic heterocycles. The molecule has 0 saturated carbocycles. The minimum atomic E-state index is -0.427. The molecule has 4 rings (SSSR count). The topological polar surface area (TPSA) is 94.9 Å². The summed E-state index contributed by atoms with van der Waals surface area (Å²) in [4.78, 5) is 31.0. The number of methoxy groups -OCH3 is 1. The largest absolute Gasteiger partial charge is 0.494 e. The number of nitrogens with zero attached hydrogens (tertiary/aromatic N) is 3. The molecule has 0 bridgehead atoms. The van der Waals surface area contributed by atoms with Gasteiger partial charge in [-0.3, -0.25) is 9.88 Å². The molecule has 0 radical (unpaired) electrons. The summed E-state index contributed by atoms with van der Waals surface area (Å²) in [5.41, 5.74) is 2.46. The number of esters is 1. The van der Waals surface area contributed by atoms with E-state index in [1.54, 1.807) is 38.6 Å². The smallest absolute Gasteiger partial charge is 0.331 e. The van der Waals surface area contributed by atoms with Crippen LogP contribution in [0.4, 0.5) is 15.6 Å². The highest BCUT2D eigenvalue weighted by atomic mass is 32.1. The van der Waals surface area contributed by atoms with Gasteiger partial charge in [0.25, 0.3) is 0 Å². The zero-order valence-electron chi connectivity index (χ0n) is 17.9. The first-order valence-corrected chi connectivity index (χ1v) is 11.0. The van der Waals surface area contributed by atoms with Crippen LogP contribution in [0.15, 0.2) is 36.7 Å². The standard InChI is InChI=1S/C22H24N4O5S/c1-3-31-18(27)7-4-15-8-9-26(14-15)22(28)24-21-23-19-17(29-2)6-5-16(20(19)32-21)25-10-12-30-13-11-25/h4-9,14H,3,10-13H2,1-2H3,(H,23,24,28). The van der Waals surface area contributed by atoms with Gasteiger partial charge in [-0.15, -0.1) is 0 Å². The molecule has 1 saturated heterocycles. The van der Waals surface area contributed by atoms with E-state index in [4.69, 9.17) is 14.2 Å². The molecule has 1 amide bonds. The summed E-state index contributed by atoms with van der Waals surface area (Å²) < 4.78 is 18.1. The number of morpholine rings is 1. The number of amides is 1. The van der Waals surface area contributed by atoms with Gasteiger partial charge in [0.2, 0.25) is 0 Å². The molecule has 1 fully saturated rings. The van der Waals surface area contributed by atoms with Crippen LogP contribution in [0.3, 0.4) is 0 Å². The second kappa shape index (κ2) is 9.84. The molecular weight excluding hydrogens is 432 g/mol. The molecule has 1 aliphatic rings. The predicted octanol–water partition coefficient (Wildman–Crippen LogP) is 3.60. The van der Waals surface area contributed by atoms with E-state index in [-0.39, 0.29) is 6.03 Å². The predicted molar refractivity (Wildman–Crippen MR) is 124 cm³/mol. The van der Waals surface area contributed by atoms with Gasteiger partial charge in [0.05, 0.1) is 37.3 Å². The van der Waals surface area contributed by atoms with Crippen LogP contribution in [0.25, 0.3) is 16.3 Å². The fraction of sp³-hybridized carbons (Fsp3) is 0.318. The number of anilines is 2. The van der Waals surface area contributed by atoms with Crippen LogP contribution in [0.1, 0.15) is 12.5 Å². The van der Waals surface area contributed by atoms with E-state index < -0.39 is 5.97 Å². The Balaban J connectivity index is 1.54. The maximum absolute atomic E-state index is 12.7. The second-order valence-electron chi connectivity index (χ2n) is 6.95. The Hall–Kier alpha value is -3.37. The summed E-state index contributed by atoms with van der Waals surface area (Å²) in [7, 11) is 1.60. The average molecular weight is 457 g/mol. The number of ether oxygens (including phenoxy) is 3. The fourth-order valence-corrected chi connectivity index (χ4v) is 4.40. The minimum absolute atomic E-state index is 0.312. The zero-order chi connectivity index (χ0) is 22.5. The van der Waals surface area contributed by atoms with Crippen molar-refractivity contribution in [1.29, 1.82) is 0 Å². The Labute approximate surface area is 189 Å². The van der Waals surface area contributed by atoms with Crippen molar-refractivity contribution >= 4 is 50.4 Å². The van der Waals surface area contributed by atoms with Crippen molar-refractivity contribution in [3.8, 4) is 5.75 Å². The average Bonchev–Trinajstić information content (AvgIpc) is 3.45. The highest BCUT2D eigenvalue weighted by Gasteiger charge is 2.20. The van der Waals surface area contributed by atoms with Crippen molar-refractivity contribution in [3.63, 3.8) is 0 Å². The van der Waals surface area contributed by atoms with E-state index in [0.717, 1.165) is 23.5 Å². The number of carbonyl (C=O) groups excluding carboxylic acids is 2. The number of fused-ring (bicyclic) bond motifs is 1. The van der Waals surface area contributed by atoms with E-state index in [9.17, 15) is 9.59 Å². The normalized spacial score (nSPS) is 14.1. The molecule has 1 aromatic carbocycles. The highest BCUT2D eigenvalue weighted by molar-refractivity contribution is 7.23. The van der Waals surface area contributed by atoms with Crippen molar-refractivity contribution in [2.24, 2.45) is 0 Å². The lowest BCUT2D eigenvalue weighted by Gasteiger charge is -2.29. The third kappa shape index (κ3) is 4.76. The van der Waals surface area contributed by atoms with E-state index in [1.165, 1.54) is 22.0 Å². The van der Waals surface area contributed by atoms with Gasteiger partial charge in [-0.25, -0.2) is 14.6 Å². The van der Waals surface area contributed by atoms with Crippen LogP contribution in [-0.2, 0) is 14.3 Å². The third-order valence-electron chi connectivity index (χ3n) is 4.92. The molecule has 1 aliphatic heterocycles. The molecule has 168 valence electrons. The molecule has 0 aliphatic carbocycles. The molecule has 3 heterocycles. The van der Waals surface area contributed by atoms with Crippen LogP contribution >= 0.6 is 11.3 Å². The Bertz CT molecular complexity index is 1150. The lowest BCUT2D eigenvalue weighted by molar-refractivity contribution is -0.137. The quantitative estimate of drug-likeness (QED) is 0.447. The van der Waals surface area contributed by atoms with Crippen molar-refractivity contribution in [2.75, 3.05) is 50.2 Å². The van der Waals surface area contributed by atoms with Gasteiger partial charge >= 0.3 is 12.0 Å². The van der Waals surface area contributed by atoms with Crippen LogP contribution < -0.4 is 15.0 Å². The number of thiazole rings is 1. The number of nitrogens with one attached hydrogen (secondary N) is 1. The van der Waals surface area contributed by atoms with Gasteiger partial charge in [0, 0.05) is 31.6 Å². The number of carbonyl (C=O) groups is 2. The van der Waals surface area contributed by atoms with Gasteiger partial charge in [-0.2, -0.15) is 0 Å². The summed E-state index contributed by atoms with van der Waals surface area (Å²) in [5, 5.41) is 3.32. The monoisotopic (exact) mass is 456 g/mol. The second-order valence-corrected chi connectivity index (χ2v) is 7.95. The lowest BCUT2D eigenvalue weighted by Crippen LogP contribution is -2.36. The number of rotatable bonds is 6. The fourth-order valence-electron chi connectivity index (χ4n) is 3.39. The summed E-state index contributed by atoms with van der Waals surface area (Å²) in [6.07, 6.45) is 6.17. The summed E-state index contributed by atoms with van der Waals surface area (Å²) in [5.74, 6) is 0.227. The minimum Gasteiger partial charge on any atom is -0.494 e. The maximum Gasteiger partial charge on any atom is 0.331 e. The molecule has 0 atom stereocenters. The first-order chi connectivity index (χ1) is 15.6. The SMILES string of the molecule is CCOC(=O)C=Cc1ccn(C(=O)Nc2nc3c(OC)ccc(N4CCOCC4)c3s2)c1. The van der Waals surface area contributed by atoms with E-state index >= 15 is 0 Å². The van der Waals surface area contributed by atoms with Crippen LogP contribution in [0.2, 0.25) is 0 Å². The maximum atomic E-state index is 12.7. The van der Waals surface area contributed by atoms with Crippen molar-refractivity contribution in [2.45, 2.75) is 6.92 Å². The zero-order valence-corrected chi connectivity index (χ0v) is 18.7. The van der Waals surface area contributed by atoms with Gasteiger partial charge < -0.3 is 19.1 Å². The molecule has 10 heteroatoms. The van der Waals surface area contributed by atoms with Crippen LogP contribution in [0.5, 0.6) is 5.75 Å². The summed E-state index contributed by atoms with van der Waals surface area (Å²) in [6, 6.07) is 5.29. The lowest BCUT2D eigenvalue weighted by atomic mass is 10.2. The highest BCUT2D eigenvalue weighted by Crippen LogP contribution is 2.39. The molecule has 0 spiro atoms. The molecule has 3 aromatic rings. The first kappa shape index (κ1) is 21.8. The number of aromatic nitrogens is 2. The van der Waals surface area contributed by atoms with Gasteiger partial charge in [0.1, 0.15) is 11.3 Å². The molecule has 32 heavy (non-hydrogen) atoms. The number of benzene rings is 1. The van der Waals surface area contributed by atoms with Crippen molar-refractivity contribution < 1.29 is 23.8 Å². The molecule has 0 unspecified atom stereocenters. The Morgan fingerprint density at radius 3 is 2.84 bits per heavy atom. The Morgan fingerprint density at radius 2 is 2.09 bits per heavy atom.